The SMILES string of the molecule is CC(=O)NC1CC2(CCN(c3ccc(-c4c(O)cc(Cl)cc4Cl)nn3)CC2)C1. The van der Waals surface area contributed by atoms with Gasteiger partial charge in [-0.1, -0.05) is 23.2 Å². The van der Waals surface area contributed by atoms with E-state index in [0.717, 1.165) is 44.6 Å². The van der Waals surface area contributed by atoms with E-state index in [1.165, 1.54) is 6.07 Å². The van der Waals surface area contributed by atoms with E-state index in [4.69, 9.17) is 23.2 Å². The highest BCUT2D eigenvalue weighted by Gasteiger charge is 2.46. The molecule has 1 aromatic heterocycles. The first-order chi connectivity index (χ1) is 13.3. The number of carbonyl (C=O) groups is 1. The van der Waals surface area contributed by atoms with E-state index in [2.05, 4.69) is 20.4 Å². The summed E-state index contributed by atoms with van der Waals surface area (Å²) in [5.74, 6) is 0.860. The number of piperidine rings is 1. The fraction of sp³-hybridized carbons (Fsp3) is 0.450. The van der Waals surface area contributed by atoms with E-state index in [1.807, 2.05) is 12.1 Å². The number of anilines is 1. The monoisotopic (exact) mass is 420 g/mol. The lowest BCUT2D eigenvalue weighted by molar-refractivity contribution is -0.121. The molecule has 2 heterocycles. The second-order valence-corrected chi connectivity index (χ2v) is 8.69. The standard InChI is InChI=1S/C20H22Cl2N4O2/c1-12(27)23-14-10-20(11-14)4-6-26(7-5-20)18-3-2-16(24-25-18)19-15(22)8-13(21)9-17(19)28/h2-3,8-9,14,28H,4-7,10-11H2,1H3,(H,23,27). The van der Waals surface area contributed by atoms with Crippen molar-refractivity contribution in [1.82, 2.24) is 15.5 Å². The lowest BCUT2D eigenvalue weighted by Crippen LogP contribution is -2.54. The van der Waals surface area contributed by atoms with Crippen molar-refractivity contribution in [2.75, 3.05) is 18.0 Å². The number of nitrogens with zero attached hydrogens (tertiary/aromatic N) is 3. The first kappa shape index (κ1) is 19.3. The Kier molecular flexibility index (Phi) is 5.10. The zero-order valence-electron chi connectivity index (χ0n) is 15.6. The topological polar surface area (TPSA) is 78.4 Å². The normalized spacial score (nSPS) is 18.8. The molecule has 28 heavy (non-hydrogen) atoms. The summed E-state index contributed by atoms with van der Waals surface area (Å²) in [4.78, 5) is 13.4. The van der Waals surface area contributed by atoms with Crippen LogP contribution < -0.4 is 10.2 Å². The molecule has 1 aliphatic heterocycles. The molecule has 1 saturated carbocycles. The van der Waals surface area contributed by atoms with Gasteiger partial charge >= 0.3 is 0 Å². The van der Waals surface area contributed by atoms with Crippen LogP contribution in [-0.4, -0.2) is 40.3 Å². The van der Waals surface area contributed by atoms with Gasteiger partial charge in [-0.2, -0.15) is 0 Å². The molecule has 1 aliphatic carbocycles. The molecule has 2 aliphatic rings. The maximum atomic E-state index is 11.2. The summed E-state index contributed by atoms with van der Waals surface area (Å²) >= 11 is 12.1. The van der Waals surface area contributed by atoms with Gasteiger partial charge in [0, 0.05) is 31.1 Å². The molecule has 0 atom stereocenters. The number of aromatic nitrogens is 2. The predicted molar refractivity (Wildman–Crippen MR) is 110 cm³/mol. The van der Waals surface area contributed by atoms with E-state index in [9.17, 15) is 9.90 Å². The summed E-state index contributed by atoms with van der Waals surface area (Å²) in [5.41, 5.74) is 1.30. The molecule has 1 spiro atoms. The Morgan fingerprint density at radius 1 is 1.21 bits per heavy atom. The lowest BCUT2D eigenvalue weighted by Gasteiger charge is -2.52. The molecule has 1 aromatic carbocycles. The molecule has 4 rings (SSSR count). The van der Waals surface area contributed by atoms with Gasteiger partial charge in [0.25, 0.3) is 0 Å². The van der Waals surface area contributed by atoms with Crippen LogP contribution in [0.1, 0.15) is 32.6 Å². The van der Waals surface area contributed by atoms with Gasteiger partial charge in [-0.15, -0.1) is 10.2 Å². The summed E-state index contributed by atoms with van der Waals surface area (Å²) < 4.78 is 0. The number of amides is 1. The minimum atomic E-state index is -0.0156. The third kappa shape index (κ3) is 3.76. The van der Waals surface area contributed by atoms with Crippen LogP contribution >= 0.6 is 23.2 Å². The van der Waals surface area contributed by atoms with E-state index in [-0.39, 0.29) is 11.7 Å². The first-order valence-corrected chi connectivity index (χ1v) is 10.1. The molecule has 1 amide bonds. The molecule has 1 saturated heterocycles. The smallest absolute Gasteiger partial charge is 0.217 e. The number of halogens is 2. The lowest BCUT2D eigenvalue weighted by atomic mass is 9.60. The van der Waals surface area contributed by atoms with Crippen LogP contribution in [-0.2, 0) is 4.79 Å². The predicted octanol–water partition coefficient (Wildman–Crippen LogP) is 4.04. The van der Waals surface area contributed by atoms with Crippen molar-refractivity contribution >= 4 is 34.9 Å². The number of aromatic hydroxyl groups is 1. The highest BCUT2D eigenvalue weighted by Crippen LogP contribution is 2.49. The third-order valence-corrected chi connectivity index (χ3v) is 6.37. The number of hydrogen-bond acceptors (Lipinski definition) is 5. The van der Waals surface area contributed by atoms with Crippen molar-refractivity contribution in [2.24, 2.45) is 5.41 Å². The average molecular weight is 421 g/mol. The van der Waals surface area contributed by atoms with Gasteiger partial charge in [0.05, 0.1) is 16.3 Å². The second kappa shape index (κ2) is 7.41. The minimum absolute atomic E-state index is 0.0156. The van der Waals surface area contributed by atoms with Crippen LogP contribution in [0.5, 0.6) is 5.75 Å². The third-order valence-electron chi connectivity index (χ3n) is 5.86. The fourth-order valence-electron chi connectivity index (χ4n) is 4.43. The molecule has 2 aromatic rings. The van der Waals surface area contributed by atoms with Gasteiger partial charge < -0.3 is 15.3 Å². The number of phenols is 1. The molecule has 0 radical (unpaired) electrons. The number of nitrogens with one attached hydrogen (secondary N) is 1. The van der Waals surface area contributed by atoms with Gasteiger partial charge in [-0.05, 0) is 55.4 Å². The Balaban J connectivity index is 1.40. The number of rotatable bonds is 3. The van der Waals surface area contributed by atoms with Crippen LogP contribution in [0.4, 0.5) is 5.82 Å². The van der Waals surface area contributed by atoms with Gasteiger partial charge in [-0.25, -0.2) is 0 Å². The summed E-state index contributed by atoms with van der Waals surface area (Å²) in [6.45, 7) is 3.43. The number of carbonyl (C=O) groups excluding carboxylic acids is 1. The van der Waals surface area contributed by atoms with Crippen molar-refractivity contribution in [1.29, 1.82) is 0 Å². The fourth-order valence-corrected chi connectivity index (χ4v) is 5.01. The second-order valence-electron chi connectivity index (χ2n) is 7.85. The Morgan fingerprint density at radius 2 is 1.93 bits per heavy atom. The summed E-state index contributed by atoms with van der Waals surface area (Å²) in [6.07, 6.45) is 4.32. The average Bonchev–Trinajstić information content (AvgIpc) is 2.60. The Labute approximate surface area is 173 Å². The number of benzene rings is 1. The molecule has 0 bridgehead atoms. The maximum Gasteiger partial charge on any atom is 0.217 e. The Bertz CT molecular complexity index is 865. The largest absolute Gasteiger partial charge is 0.507 e. The van der Waals surface area contributed by atoms with Crippen LogP contribution in [0.15, 0.2) is 24.3 Å². The van der Waals surface area contributed by atoms with Crippen molar-refractivity contribution < 1.29 is 9.90 Å². The summed E-state index contributed by atoms with van der Waals surface area (Å²) in [5, 5.41) is 22.5. The highest BCUT2D eigenvalue weighted by atomic mass is 35.5. The zero-order chi connectivity index (χ0) is 19.9. The minimum Gasteiger partial charge on any atom is -0.507 e. The van der Waals surface area contributed by atoms with Crippen LogP contribution in [0, 0.1) is 5.41 Å². The first-order valence-electron chi connectivity index (χ1n) is 9.39. The quantitative estimate of drug-likeness (QED) is 0.782. The van der Waals surface area contributed by atoms with Gasteiger partial charge in [0.15, 0.2) is 5.82 Å². The Hall–Kier alpha value is -2.05. The molecule has 8 heteroatoms. The maximum absolute atomic E-state index is 11.2. The van der Waals surface area contributed by atoms with Crippen molar-refractivity contribution in [2.45, 2.75) is 38.6 Å². The van der Waals surface area contributed by atoms with E-state index < -0.39 is 0 Å². The summed E-state index contributed by atoms with van der Waals surface area (Å²) in [7, 11) is 0. The van der Waals surface area contributed by atoms with Gasteiger partial charge in [0.2, 0.25) is 5.91 Å². The molecular weight excluding hydrogens is 399 g/mol. The number of hydrogen-bond donors (Lipinski definition) is 2. The van der Waals surface area contributed by atoms with Gasteiger partial charge in [-0.3, -0.25) is 4.79 Å². The molecule has 2 fully saturated rings. The molecule has 2 N–H and O–H groups in total. The number of phenolic OH excluding ortho intramolecular Hbond substituents is 1. The van der Waals surface area contributed by atoms with Crippen LogP contribution in [0.3, 0.4) is 0 Å². The molecular formula is C20H22Cl2N4O2. The zero-order valence-corrected chi connectivity index (χ0v) is 17.1. The Morgan fingerprint density at radius 3 is 2.50 bits per heavy atom. The van der Waals surface area contributed by atoms with Crippen molar-refractivity contribution in [3.8, 4) is 17.0 Å². The van der Waals surface area contributed by atoms with E-state index in [1.54, 1.807) is 13.0 Å². The molecule has 148 valence electrons. The van der Waals surface area contributed by atoms with Crippen molar-refractivity contribution in [3.63, 3.8) is 0 Å². The van der Waals surface area contributed by atoms with Crippen molar-refractivity contribution in [3.05, 3.63) is 34.3 Å². The molecule has 0 unspecified atom stereocenters. The summed E-state index contributed by atoms with van der Waals surface area (Å²) in [6, 6.07) is 7.07. The molecule has 6 nitrogen and oxygen atoms in total. The van der Waals surface area contributed by atoms with Gasteiger partial charge in [0.1, 0.15) is 5.75 Å². The highest BCUT2D eigenvalue weighted by molar-refractivity contribution is 6.36. The van der Waals surface area contributed by atoms with E-state index in [0.29, 0.717) is 32.8 Å². The van der Waals surface area contributed by atoms with Crippen LogP contribution in [0.2, 0.25) is 10.0 Å². The van der Waals surface area contributed by atoms with E-state index >= 15 is 0 Å². The van der Waals surface area contributed by atoms with Crippen LogP contribution in [0.25, 0.3) is 11.3 Å².